The van der Waals surface area contributed by atoms with Gasteiger partial charge in [-0.05, 0) is 45.0 Å². The predicted octanol–water partition coefficient (Wildman–Crippen LogP) is 5.85. The Morgan fingerprint density at radius 2 is 1.96 bits per heavy atom. The number of aromatic nitrogens is 1. The van der Waals surface area contributed by atoms with Crippen molar-refractivity contribution < 1.29 is 17.9 Å². The van der Waals surface area contributed by atoms with Gasteiger partial charge in [-0.25, -0.2) is 9.98 Å². The van der Waals surface area contributed by atoms with Crippen molar-refractivity contribution in [3.8, 4) is 11.6 Å². The molecule has 1 aromatic carbocycles. The van der Waals surface area contributed by atoms with Gasteiger partial charge in [0.1, 0.15) is 5.75 Å². The second-order valence-electron chi connectivity index (χ2n) is 6.06. The van der Waals surface area contributed by atoms with Crippen LogP contribution in [0.4, 0.5) is 18.9 Å². The zero-order chi connectivity index (χ0) is 19.5. The summed E-state index contributed by atoms with van der Waals surface area (Å²) < 4.78 is 44.3. The minimum Gasteiger partial charge on any atom is -0.439 e. The third kappa shape index (κ3) is 5.11. The van der Waals surface area contributed by atoms with Crippen LogP contribution < -0.4 is 4.74 Å². The lowest BCUT2D eigenvalue weighted by Gasteiger charge is -2.17. The van der Waals surface area contributed by atoms with Crippen LogP contribution in [-0.4, -0.2) is 29.3 Å². The smallest absolute Gasteiger partial charge is 0.417 e. The molecule has 0 radical (unpaired) electrons. The highest BCUT2D eigenvalue weighted by Crippen LogP contribution is 2.37. The Hall–Kier alpha value is -2.28. The fraction of sp³-hybridized carbons (Fsp3) is 0.333. The lowest BCUT2D eigenvalue weighted by atomic mass is 10.2. The molecule has 0 N–H and O–H groups in total. The summed E-state index contributed by atoms with van der Waals surface area (Å²) in [5.41, 5.74) is 0.317. The average molecular weight is 386 g/mol. The van der Waals surface area contributed by atoms with Gasteiger partial charge in [0.25, 0.3) is 0 Å². The Kier molecular flexibility index (Phi) is 6.13. The normalized spacial score (nSPS) is 12.0. The molecule has 0 aliphatic rings. The summed E-state index contributed by atoms with van der Waals surface area (Å²) in [5, 5.41) is -0.381. The molecule has 0 aliphatic carbocycles. The maximum atomic E-state index is 12.9. The second kappa shape index (κ2) is 7.95. The van der Waals surface area contributed by atoms with Crippen molar-refractivity contribution >= 4 is 23.6 Å². The zero-order valence-corrected chi connectivity index (χ0v) is 15.6. The third-order valence-electron chi connectivity index (χ3n) is 3.68. The van der Waals surface area contributed by atoms with Gasteiger partial charge in [-0.15, -0.1) is 0 Å². The summed E-state index contributed by atoms with van der Waals surface area (Å²) in [4.78, 5) is 10.4. The topological polar surface area (TPSA) is 37.7 Å². The molecule has 0 amide bonds. The Morgan fingerprint density at radius 3 is 2.54 bits per heavy atom. The number of halogens is 4. The Bertz CT molecular complexity index is 807. The van der Waals surface area contributed by atoms with Crippen LogP contribution in [0.3, 0.4) is 0 Å². The number of nitrogens with zero attached hydrogens (tertiary/aromatic N) is 3. The largest absolute Gasteiger partial charge is 0.439 e. The van der Waals surface area contributed by atoms with Gasteiger partial charge >= 0.3 is 6.18 Å². The van der Waals surface area contributed by atoms with E-state index in [9.17, 15) is 13.2 Å². The van der Waals surface area contributed by atoms with Crippen molar-refractivity contribution in [1.29, 1.82) is 0 Å². The number of hydrogen-bond acceptors (Lipinski definition) is 3. The molecule has 2 aromatic rings. The van der Waals surface area contributed by atoms with Gasteiger partial charge in [0.05, 0.1) is 28.8 Å². The molecule has 26 heavy (non-hydrogen) atoms. The van der Waals surface area contributed by atoms with Gasteiger partial charge in [0.2, 0.25) is 5.88 Å². The van der Waals surface area contributed by atoms with Crippen LogP contribution in [-0.2, 0) is 6.18 Å². The maximum absolute atomic E-state index is 12.9. The molecule has 0 unspecified atom stereocenters. The summed E-state index contributed by atoms with van der Waals surface area (Å²) >= 11 is 5.61. The van der Waals surface area contributed by atoms with Crippen LogP contribution in [0, 0.1) is 6.92 Å². The van der Waals surface area contributed by atoms with E-state index in [1.165, 1.54) is 12.3 Å². The van der Waals surface area contributed by atoms with E-state index in [2.05, 4.69) is 9.98 Å². The molecule has 0 atom stereocenters. The third-order valence-corrected chi connectivity index (χ3v) is 4.01. The Balaban J connectivity index is 2.21. The Morgan fingerprint density at radius 1 is 1.27 bits per heavy atom. The van der Waals surface area contributed by atoms with Crippen LogP contribution >= 0.6 is 11.6 Å². The average Bonchev–Trinajstić information content (AvgIpc) is 2.55. The lowest BCUT2D eigenvalue weighted by molar-refractivity contribution is -0.137. The number of aryl methyl sites for hydroxylation is 1. The van der Waals surface area contributed by atoms with E-state index in [1.54, 1.807) is 19.3 Å². The van der Waals surface area contributed by atoms with E-state index < -0.39 is 11.7 Å². The monoisotopic (exact) mass is 385 g/mol. The summed E-state index contributed by atoms with van der Waals surface area (Å²) in [6.45, 7) is 5.82. The number of ether oxygens (including phenoxy) is 1. The van der Waals surface area contributed by atoms with E-state index in [0.29, 0.717) is 17.3 Å². The number of rotatable bonds is 5. The van der Waals surface area contributed by atoms with E-state index in [4.69, 9.17) is 16.3 Å². The SMILES string of the molecule is Cc1cc(N=CN(C)C(C)C)cnc1Oc1ccc(Cl)c(C(F)(F)F)c1. The van der Waals surface area contributed by atoms with Gasteiger partial charge in [-0.2, -0.15) is 13.2 Å². The van der Waals surface area contributed by atoms with Crippen molar-refractivity contribution in [2.45, 2.75) is 33.0 Å². The molecular weight excluding hydrogens is 367 g/mol. The summed E-state index contributed by atoms with van der Waals surface area (Å²) in [6, 6.07) is 5.42. The quantitative estimate of drug-likeness (QED) is 0.478. The highest BCUT2D eigenvalue weighted by Gasteiger charge is 2.33. The van der Waals surface area contributed by atoms with Crippen molar-refractivity contribution in [1.82, 2.24) is 9.88 Å². The first-order valence-electron chi connectivity index (χ1n) is 7.85. The molecule has 1 heterocycles. The number of alkyl halides is 3. The number of hydrogen-bond donors (Lipinski definition) is 0. The molecular formula is C18H19ClF3N3O. The molecule has 2 rings (SSSR count). The van der Waals surface area contributed by atoms with Crippen molar-refractivity contribution in [3.05, 3.63) is 46.6 Å². The van der Waals surface area contributed by atoms with Gasteiger partial charge in [0.15, 0.2) is 0 Å². The van der Waals surface area contributed by atoms with Crippen molar-refractivity contribution in [2.75, 3.05) is 7.05 Å². The molecule has 8 heteroatoms. The number of pyridine rings is 1. The van der Waals surface area contributed by atoms with E-state index >= 15 is 0 Å². The standard InChI is InChI=1S/C18H19ClF3N3O/c1-11(2)25(4)10-24-13-7-12(3)17(23-9-13)26-14-5-6-16(19)15(8-14)18(20,21)22/h5-11H,1-4H3. The van der Waals surface area contributed by atoms with Crippen LogP contribution in [0.2, 0.25) is 5.02 Å². The van der Waals surface area contributed by atoms with Crippen LogP contribution in [0.1, 0.15) is 25.0 Å². The molecule has 0 spiro atoms. The number of aliphatic imine (C=N–C) groups is 1. The van der Waals surface area contributed by atoms with Crippen molar-refractivity contribution in [3.63, 3.8) is 0 Å². The van der Waals surface area contributed by atoms with Crippen LogP contribution in [0.25, 0.3) is 0 Å². The van der Waals surface area contributed by atoms with Crippen LogP contribution in [0.5, 0.6) is 11.6 Å². The Labute approximate surface area is 155 Å². The van der Waals surface area contributed by atoms with Crippen molar-refractivity contribution in [2.24, 2.45) is 4.99 Å². The molecule has 140 valence electrons. The fourth-order valence-corrected chi connectivity index (χ4v) is 2.14. The van der Waals surface area contributed by atoms with E-state index in [0.717, 1.165) is 12.1 Å². The summed E-state index contributed by atoms with van der Waals surface area (Å²) in [5.74, 6) is 0.213. The predicted molar refractivity (Wildman–Crippen MR) is 96.6 cm³/mol. The van der Waals surface area contributed by atoms with Gasteiger partial charge in [0, 0.05) is 18.7 Å². The molecule has 4 nitrogen and oxygen atoms in total. The first-order valence-corrected chi connectivity index (χ1v) is 8.23. The first kappa shape index (κ1) is 20.0. The lowest BCUT2D eigenvalue weighted by Crippen LogP contribution is -2.24. The van der Waals surface area contributed by atoms with Crippen LogP contribution in [0.15, 0.2) is 35.5 Å². The molecule has 0 saturated heterocycles. The van der Waals surface area contributed by atoms with Gasteiger partial charge < -0.3 is 9.64 Å². The van der Waals surface area contributed by atoms with Gasteiger partial charge in [-0.3, -0.25) is 0 Å². The number of benzene rings is 1. The molecule has 1 aromatic heterocycles. The zero-order valence-electron chi connectivity index (χ0n) is 14.8. The van der Waals surface area contributed by atoms with E-state index in [-0.39, 0.29) is 16.7 Å². The maximum Gasteiger partial charge on any atom is 0.417 e. The molecule has 0 aliphatic heterocycles. The van der Waals surface area contributed by atoms with Gasteiger partial charge in [-0.1, -0.05) is 11.6 Å². The minimum absolute atomic E-state index is 0.00752. The second-order valence-corrected chi connectivity index (χ2v) is 6.47. The molecule has 0 fully saturated rings. The highest BCUT2D eigenvalue weighted by molar-refractivity contribution is 6.31. The molecule has 0 bridgehead atoms. The van der Waals surface area contributed by atoms with E-state index in [1.807, 2.05) is 25.8 Å². The first-order chi connectivity index (χ1) is 12.1. The fourth-order valence-electron chi connectivity index (χ4n) is 1.91. The highest BCUT2D eigenvalue weighted by atomic mass is 35.5. The summed E-state index contributed by atoms with van der Waals surface area (Å²) in [7, 11) is 1.91. The summed E-state index contributed by atoms with van der Waals surface area (Å²) in [6.07, 6.45) is -1.37. The molecule has 0 saturated carbocycles. The minimum atomic E-state index is -4.56.